The van der Waals surface area contributed by atoms with E-state index in [1.807, 2.05) is 0 Å². The fraction of sp³-hybridized carbons (Fsp3) is 0.455. The number of benzene rings is 2. The molecule has 0 nitrogen and oxygen atoms in total. The second-order valence-electron chi connectivity index (χ2n) is 6.56. The minimum atomic E-state index is 0.531. The van der Waals surface area contributed by atoms with Crippen molar-refractivity contribution in [3.05, 3.63) is 71.8 Å². The first-order valence-corrected chi connectivity index (χ1v) is 8.91. The number of unbranched alkanes of at least 4 members (excludes halogenated alkanes) is 3. The van der Waals surface area contributed by atoms with Crippen molar-refractivity contribution in [2.75, 3.05) is 0 Å². The van der Waals surface area contributed by atoms with E-state index in [9.17, 15) is 0 Å². The highest BCUT2D eigenvalue weighted by Gasteiger charge is 2.17. The molecule has 0 aliphatic heterocycles. The van der Waals surface area contributed by atoms with Crippen LogP contribution in [0, 0.1) is 5.92 Å². The standard InChI is InChI=1S/C22H30/c1-3-4-5-8-13-19(2)18-22(20-14-9-6-10-15-20)21-16-11-7-12-17-21/h6-7,9-12,14-17,19,22H,3-5,8,13,18H2,1-2H3. The van der Waals surface area contributed by atoms with E-state index >= 15 is 0 Å². The molecule has 1 atom stereocenters. The van der Waals surface area contributed by atoms with E-state index in [4.69, 9.17) is 0 Å². The summed E-state index contributed by atoms with van der Waals surface area (Å²) in [5.74, 6) is 1.31. The van der Waals surface area contributed by atoms with Gasteiger partial charge in [0.1, 0.15) is 0 Å². The van der Waals surface area contributed by atoms with Gasteiger partial charge >= 0.3 is 0 Å². The molecule has 118 valence electrons. The fourth-order valence-corrected chi connectivity index (χ4v) is 3.28. The number of hydrogen-bond acceptors (Lipinski definition) is 0. The summed E-state index contributed by atoms with van der Waals surface area (Å²) in [4.78, 5) is 0. The van der Waals surface area contributed by atoms with Crippen LogP contribution in [0.2, 0.25) is 0 Å². The zero-order chi connectivity index (χ0) is 15.6. The summed E-state index contributed by atoms with van der Waals surface area (Å²) in [5.41, 5.74) is 2.91. The first kappa shape index (κ1) is 16.8. The predicted octanol–water partition coefficient (Wildman–Crippen LogP) is 6.82. The topological polar surface area (TPSA) is 0 Å². The summed E-state index contributed by atoms with van der Waals surface area (Å²) in [6.07, 6.45) is 8.09. The summed E-state index contributed by atoms with van der Waals surface area (Å²) in [7, 11) is 0. The Morgan fingerprint density at radius 1 is 0.727 bits per heavy atom. The lowest BCUT2D eigenvalue weighted by atomic mass is 9.82. The quantitative estimate of drug-likeness (QED) is 0.445. The van der Waals surface area contributed by atoms with Gasteiger partial charge in [0.05, 0.1) is 0 Å². The predicted molar refractivity (Wildman–Crippen MR) is 97.3 cm³/mol. The van der Waals surface area contributed by atoms with Gasteiger partial charge in [0, 0.05) is 5.92 Å². The Morgan fingerprint density at radius 2 is 1.27 bits per heavy atom. The van der Waals surface area contributed by atoms with Crippen LogP contribution in [0.3, 0.4) is 0 Å². The molecule has 0 amide bonds. The van der Waals surface area contributed by atoms with Crippen LogP contribution < -0.4 is 0 Å². The molecule has 0 bridgehead atoms. The molecule has 0 aliphatic rings. The van der Waals surface area contributed by atoms with E-state index in [2.05, 4.69) is 74.5 Å². The molecular weight excluding hydrogens is 264 g/mol. The Bertz CT molecular complexity index is 461. The summed E-state index contributed by atoms with van der Waals surface area (Å²) in [6.45, 7) is 4.70. The van der Waals surface area contributed by atoms with Crippen molar-refractivity contribution in [2.24, 2.45) is 5.92 Å². The lowest BCUT2D eigenvalue weighted by molar-refractivity contribution is 0.439. The van der Waals surface area contributed by atoms with E-state index in [0.29, 0.717) is 5.92 Å². The molecule has 2 rings (SSSR count). The van der Waals surface area contributed by atoms with E-state index in [1.165, 1.54) is 49.7 Å². The number of hydrogen-bond donors (Lipinski definition) is 0. The molecule has 0 fully saturated rings. The van der Waals surface area contributed by atoms with E-state index in [0.717, 1.165) is 5.92 Å². The molecule has 0 N–H and O–H groups in total. The van der Waals surface area contributed by atoms with Crippen LogP contribution in [0.5, 0.6) is 0 Å². The monoisotopic (exact) mass is 294 g/mol. The van der Waals surface area contributed by atoms with Crippen LogP contribution in [-0.2, 0) is 0 Å². The molecule has 0 saturated heterocycles. The maximum Gasteiger partial charge on any atom is 0.00918 e. The largest absolute Gasteiger partial charge is 0.0654 e. The van der Waals surface area contributed by atoms with Crippen molar-refractivity contribution in [3.8, 4) is 0 Å². The maximum absolute atomic E-state index is 2.42. The van der Waals surface area contributed by atoms with Crippen molar-refractivity contribution < 1.29 is 0 Å². The third-order valence-electron chi connectivity index (χ3n) is 4.59. The van der Waals surface area contributed by atoms with Gasteiger partial charge in [-0.2, -0.15) is 0 Å². The summed E-state index contributed by atoms with van der Waals surface area (Å²) in [6, 6.07) is 22.0. The van der Waals surface area contributed by atoms with E-state index in [1.54, 1.807) is 0 Å². The molecule has 0 radical (unpaired) electrons. The van der Waals surface area contributed by atoms with Gasteiger partial charge in [0.2, 0.25) is 0 Å². The molecule has 1 unspecified atom stereocenters. The van der Waals surface area contributed by atoms with Gasteiger partial charge < -0.3 is 0 Å². The van der Waals surface area contributed by atoms with Crippen molar-refractivity contribution >= 4 is 0 Å². The van der Waals surface area contributed by atoms with Gasteiger partial charge in [-0.1, -0.05) is 107 Å². The molecule has 0 aliphatic carbocycles. The summed E-state index contributed by atoms with van der Waals surface area (Å²) >= 11 is 0. The first-order valence-electron chi connectivity index (χ1n) is 8.91. The Labute approximate surface area is 136 Å². The second-order valence-corrected chi connectivity index (χ2v) is 6.56. The van der Waals surface area contributed by atoms with Crippen LogP contribution in [0.25, 0.3) is 0 Å². The Kier molecular flexibility index (Phi) is 7.22. The highest BCUT2D eigenvalue weighted by molar-refractivity contribution is 5.32. The van der Waals surface area contributed by atoms with Crippen molar-refractivity contribution in [2.45, 2.75) is 58.3 Å². The van der Waals surface area contributed by atoms with Crippen LogP contribution in [0.15, 0.2) is 60.7 Å². The van der Waals surface area contributed by atoms with E-state index in [-0.39, 0.29) is 0 Å². The van der Waals surface area contributed by atoms with E-state index < -0.39 is 0 Å². The van der Waals surface area contributed by atoms with Crippen molar-refractivity contribution in [3.63, 3.8) is 0 Å². The van der Waals surface area contributed by atoms with Crippen molar-refractivity contribution in [1.82, 2.24) is 0 Å². The molecule has 22 heavy (non-hydrogen) atoms. The van der Waals surface area contributed by atoms with Gasteiger partial charge in [-0.05, 0) is 23.5 Å². The van der Waals surface area contributed by atoms with Crippen LogP contribution in [0.4, 0.5) is 0 Å². The average molecular weight is 294 g/mol. The maximum atomic E-state index is 2.42. The smallest absolute Gasteiger partial charge is 0.00918 e. The molecule has 0 heterocycles. The Balaban J connectivity index is 2.03. The van der Waals surface area contributed by atoms with Crippen molar-refractivity contribution in [1.29, 1.82) is 0 Å². The van der Waals surface area contributed by atoms with Gasteiger partial charge in [0.15, 0.2) is 0 Å². The second kappa shape index (κ2) is 9.46. The fourth-order valence-electron chi connectivity index (χ4n) is 3.28. The zero-order valence-electron chi connectivity index (χ0n) is 14.2. The van der Waals surface area contributed by atoms with Crippen LogP contribution in [0.1, 0.15) is 69.4 Å². The lowest BCUT2D eigenvalue weighted by Gasteiger charge is -2.22. The molecule has 0 aromatic heterocycles. The minimum absolute atomic E-state index is 0.531. The minimum Gasteiger partial charge on any atom is -0.0654 e. The van der Waals surface area contributed by atoms with Gasteiger partial charge in [-0.3, -0.25) is 0 Å². The highest BCUT2D eigenvalue weighted by Crippen LogP contribution is 2.32. The molecule has 0 saturated carbocycles. The third-order valence-corrected chi connectivity index (χ3v) is 4.59. The molecular formula is C22H30. The van der Waals surface area contributed by atoms with Gasteiger partial charge in [-0.25, -0.2) is 0 Å². The summed E-state index contributed by atoms with van der Waals surface area (Å²) in [5, 5.41) is 0. The SMILES string of the molecule is CCCCCCC(C)CC(c1ccccc1)c1ccccc1. The molecule has 2 aromatic rings. The summed E-state index contributed by atoms with van der Waals surface area (Å²) < 4.78 is 0. The first-order chi connectivity index (χ1) is 10.8. The molecule has 0 heteroatoms. The lowest BCUT2D eigenvalue weighted by Crippen LogP contribution is -2.07. The normalized spacial score (nSPS) is 12.5. The zero-order valence-corrected chi connectivity index (χ0v) is 14.2. The molecule has 0 spiro atoms. The van der Waals surface area contributed by atoms with Gasteiger partial charge in [-0.15, -0.1) is 0 Å². The van der Waals surface area contributed by atoms with Crippen LogP contribution >= 0.6 is 0 Å². The molecule has 2 aromatic carbocycles. The Morgan fingerprint density at radius 3 is 1.77 bits per heavy atom. The van der Waals surface area contributed by atoms with Gasteiger partial charge in [0.25, 0.3) is 0 Å². The van der Waals surface area contributed by atoms with Crippen LogP contribution in [-0.4, -0.2) is 0 Å². The Hall–Kier alpha value is -1.56. The number of rotatable bonds is 9. The average Bonchev–Trinajstić information content (AvgIpc) is 2.58. The highest BCUT2D eigenvalue weighted by atomic mass is 14.2. The third kappa shape index (κ3) is 5.33.